The van der Waals surface area contributed by atoms with E-state index in [1.165, 1.54) is 0 Å². The highest BCUT2D eigenvalue weighted by Gasteiger charge is 2.32. The molecule has 2 aromatic rings. The maximum atomic E-state index is 13.5. The summed E-state index contributed by atoms with van der Waals surface area (Å²) in [5.41, 5.74) is 8.47. The van der Waals surface area contributed by atoms with Crippen molar-refractivity contribution in [1.29, 1.82) is 0 Å². The van der Waals surface area contributed by atoms with Crippen molar-refractivity contribution in [3.8, 4) is 0 Å². The highest BCUT2D eigenvalue weighted by molar-refractivity contribution is 6.30. The van der Waals surface area contributed by atoms with Gasteiger partial charge in [-0.3, -0.25) is 19.4 Å². The van der Waals surface area contributed by atoms with Crippen LogP contribution < -0.4 is 21.7 Å². The number of amides is 3. The van der Waals surface area contributed by atoms with Gasteiger partial charge in [0, 0.05) is 35.6 Å². The van der Waals surface area contributed by atoms with Gasteiger partial charge in [0.2, 0.25) is 11.8 Å². The summed E-state index contributed by atoms with van der Waals surface area (Å²) in [6, 6.07) is 13.5. The van der Waals surface area contributed by atoms with E-state index in [9.17, 15) is 14.4 Å². The largest absolute Gasteiger partial charge is 0.370 e. The quantitative estimate of drug-likeness (QED) is 0.313. The van der Waals surface area contributed by atoms with Crippen LogP contribution in [0.2, 0.25) is 5.02 Å². The predicted octanol–water partition coefficient (Wildman–Crippen LogP) is 3.96. The van der Waals surface area contributed by atoms with Crippen molar-refractivity contribution in [2.45, 2.75) is 83.5 Å². The summed E-state index contributed by atoms with van der Waals surface area (Å²) in [6.07, 6.45) is 4.46. The highest BCUT2D eigenvalue weighted by atomic mass is 35.5. The molecule has 1 heterocycles. The third-order valence-corrected chi connectivity index (χ3v) is 8.24. The van der Waals surface area contributed by atoms with E-state index >= 15 is 0 Å². The van der Waals surface area contributed by atoms with Crippen LogP contribution in [0.25, 0.3) is 0 Å². The first-order chi connectivity index (χ1) is 20.1. The molecule has 0 radical (unpaired) electrons. The van der Waals surface area contributed by atoms with Crippen molar-refractivity contribution >= 4 is 35.3 Å². The molecule has 0 spiro atoms. The van der Waals surface area contributed by atoms with Crippen LogP contribution in [0.1, 0.15) is 80.3 Å². The number of nitrogens with two attached hydrogens (primary N) is 1. The lowest BCUT2D eigenvalue weighted by Gasteiger charge is -2.34. The summed E-state index contributed by atoms with van der Waals surface area (Å²) in [5, 5.41) is 9.58. The lowest BCUT2D eigenvalue weighted by molar-refractivity contribution is -0.130. The zero-order chi connectivity index (χ0) is 30.2. The van der Waals surface area contributed by atoms with Crippen molar-refractivity contribution < 1.29 is 14.4 Å². The van der Waals surface area contributed by atoms with E-state index in [0.29, 0.717) is 36.1 Å². The fraction of sp³-hybridized carbons (Fsp3) is 0.500. The Bertz CT molecular complexity index is 1280. The van der Waals surface area contributed by atoms with E-state index in [-0.39, 0.29) is 29.7 Å². The molecule has 1 aliphatic heterocycles. The Kier molecular flexibility index (Phi) is 10.8. The summed E-state index contributed by atoms with van der Waals surface area (Å²) in [6.45, 7) is 7.74. The van der Waals surface area contributed by atoms with Crippen LogP contribution in [0.3, 0.4) is 0 Å². The first kappa shape index (κ1) is 31.3. The second-order valence-corrected chi connectivity index (χ2v) is 12.2. The SMILES string of the molecule is CC(C)C[C@H](NC(=O)[C@H](C)NC(=O)c1ccc(CN2CCN=C2N)cc1)C(=O)NC1CCCC[C@H]1c1cccc(Cl)c1. The van der Waals surface area contributed by atoms with Gasteiger partial charge in [-0.25, -0.2) is 0 Å². The average Bonchev–Trinajstić information content (AvgIpc) is 3.36. The first-order valence-electron chi connectivity index (χ1n) is 14.9. The molecule has 1 fully saturated rings. The van der Waals surface area contributed by atoms with Crippen LogP contribution >= 0.6 is 11.6 Å². The third-order valence-electron chi connectivity index (χ3n) is 8.01. The Morgan fingerprint density at radius 1 is 1.02 bits per heavy atom. The zero-order valence-electron chi connectivity index (χ0n) is 24.7. The van der Waals surface area contributed by atoms with Gasteiger partial charge in [0.25, 0.3) is 5.91 Å². The van der Waals surface area contributed by atoms with E-state index in [4.69, 9.17) is 17.3 Å². The minimum Gasteiger partial charge on any atom is -0.370 e. The molecule has 1 aliphatic carbocycles. The number of aliphatic imine (C=N–C) groups is 1. The molecule has 4 atom stereocenters. The normalized spacial score (nSPS) is 20.0. The topological polar surface area (TPSA) is 129 Å². The molecule has 42 heavy (non-hydrogen) atoms. The summed E-state index contributed by atoms with van der Waals surface area (Å²) in [7, 11) is 0. The molecule has 9 nitrogen and oxygen atoms in total. The predicted molar refractivity (Wildman–Crippen MR) is 166 cm³/mol. The van der Waals surface area contributed by atoms with Crippen molar-refractivity contribution in [3.63, 3.8) is 0 Å². The molecule has 5 N–H and O–H groups in total. The van der Waals surface area contributed by atoms with Crippen LogP contribution in [0, 0.1) is 5.92 Å². The Balaban J connectivity index is 1.34. The monoisotopic (exact) mass is 594 g/mol. The molecule has 2 aromatic carbocycles. The summed E-state index contributed by atoms with van der Waals surface area (Å²) >= 11 is 6.26. The average molecular weight is 595 g/mol. The standard InChI is InChI=1S/C32H43ClN6O3/c1-20(2)17-28(31(42)37-27-10-5-4-9-26(27)24-7-6-8-25(33)18-24)38-29(40)21(3)36-30(41)23-13-11-22(12-14-23)19-39-16-15-35-32(39)34/h6-8,11-14,18,20-21,26-28H,4-5,9-10,15-17,19H2,1-3H3,(H2,34,35)(H,36,41)(H,37,42)(H,38,40)/t21-,26-,27?,28-/m0/s1. The van der Waals surface area contributed by atoms with Gasteiger partial charge in [0.15, 0.2) is 5.96 Å². The van der Waals surface area contributed by atoms with Crippen molar-refractivity contribution in [2.75, 3.05) is 13.1 Å². The number of halogens is 1. The number of hydrogen-bond donors (Lipinski definition) is 4. The molecule has 226 valence electrons. The molecular weight excluding hydrogens is 552 g/mol. The Morgan fingerprint density at radius 3 is 2.43 bits per heavy atom. The number of guanidine groups is 1. The molecule has 4 rings (SSSR count). The molecule has 0 aromatic heterocycles. The second kappa shape index (κ2) is 14.5. The van der Waals surface area contributed by atoms with Crippen molar-refractivity contribution in [3.05, 3.63) is 70.2 Å². The van der Waals surface area contributed by atoms with Gasteiger partial charge in [0.05, 0.1) is 6.54 Å². The molecular formula is C32H43ClN6O3. The molecule has 0 bridgehead atoms. The summed E-state index contributed by atoms with van der Waals surface area (Å²) in [4.78, 5) is 45.7. The minimum atomic E-state index is -0.825. The fourth-order valence-electron chi connectivity index (χ4n) is 5.71. The summed E-state index contributed by atoms with van der Waals surface area (Å²) < 4.78 is 0. The Labute approximate surface area is 253 Å². The summed E-state index contributed by atoms with van der Waals surface area (Å²) in [5.74, 6) is -0.0824. The van der Waals surface area contributed by atoms with Gasteiger partial charge >= 0.3 is 0 Å². The van der Waals surface area contributed by atoms with Gasteiger partial charge in [-0.15, -0.1) is 0 Å². The minimum absolute atomic E-state index is 0.0365. The van der Waals surface area contributed by atoms with Gasteiger partial charge < -0.3 is 26.6 Å². The number of nitrogens with zero attached hydrogens (tertiary/aromatic N) is 2. The van der Waals surface area contributed by atoms with E-state index < -0.39 is 18.0 Å². The highest BCUT2D eigenvalue weighted by Crippen LogP contribution is 2.34. The third kappa shape index (κ3) is 8.47. The van der Waals surface area contributed by atoms with E-state index in [1.807, 2.05) is 49.1 Å². The molecule has 3 amide bonds. The van der Waals surface area contributed by atoms with Crippen LogP contribution in [-0.2, 0) is 16.1 Å². The Morgan fingerprint density at radius 2 is 1.76 bits per heavy atom. The number of hydrogen-bond acceptors (Lipinski definition) is 6. The number of carbonyl (C=O) groups excluding carboxylic acids is 3. The second-order valence-electron chi connectivity index (χ2n) is 11.8. The molecule has 10 heteroatoms. The van der Waals surface area contributed by atoms with Crippen LogP contribution in [0.4, 0.5) is 0 Å². The lowest BCUT2D eigenvalue weighted by atomic mass is 9.80. The first-order valence-corrected chi connectivity index (χ1v) is 15.3. The number of carbonyl (C=O) groups is 3. The molecule has 0 saturated heterocycles. The van der Waals surface area contributed by atoms with Gasteiger partial charge in [-0.1, -0.05) is 62.6 Å². The number of nitrogens with one attached hydrogen (secondary N) is 3. The van der Waals surface area contributed by atoms with Crippen LogP contribution in [0.15, 0.2) is 53.5 Å². The maximum absolute atomic E-state index is 13.5. The molecule has 1 unspecified atom stereocenters. The number of benzene rings is 2. The Hall–Kier alpha value is -3.59. The molecule has 2 aliphatic rings. The van der Waals surface area contributed by atoms with Crippen LogP contribution in [-0.4, -0.2) is 59.8 Å². The van der Waals surface area contributed by atoms with Crippen LogP contribution in [0.5, 0.6) is 0 Å². The molecule has 1 saturated carbocycles. The van der Waals surface area contributed by atoms with Crippen molar-refractivity contribution in [2.24, 2.45) is 16.6 Å². The lowest BCUT2D eigenvalue weighted by Crippen LogP contribution is -2.55. The fourth-order valence-corrected chi connectivity index (χ4v) is 5.91. The van der Waals surface area contributed by atoms with Gasteiger partial charge in [-0.2, -0.15) is 0 Å². The zero-order valence-corrected chi connectivity index (χ0v) is 25.5. The number of rotatable bonds is 11. The van der Waals surface area contributed by atoms with E-state index in [1.54, 1.807) is 19.1 Å². The maximum Gasteiger partial charge on any atom is 0.251 e. The van der Waals surface area contributed by atoms with E-state index in [2.05, 4.69) is 27.0 Å². The van der Waals surface area contributed by atoms with E-state index in [0.717, 1.165) is 43.4 Å². The van der Waals surface area contributed by atoms with Crippen molar-refractivity contribution in [1.82, 2.24) is 20.9 Å². The smallest absolute Gasteiger partial charge is 0.251 e. The van der Waals surface area contributed by atoms with Gasteiger partial charge in [0.1, 0.15) is 12.1 Å². The van der Waals surface area contributed by atoms with Gasteiger partial charge in [-0.05, 0) is 67.5 Å².